The second-order valence-electron chi connectivity index (χ2n) is 6.32. The van der Waals surface area contributed by atoms with Gasteiger partial charge in [0.15, 0.2) is 0 Å². The van der Waals surface area contributed by atoms with Gasteiger partial charge in [-0.05, 0) is 0 Å². The molecule has 2 aromatic rings. The second-order valence-corrected chi connectivity index (χ2v) is 14.1. The topological polar surface area (TPSA) is 0 Å². The van der Waals surface area contributed by atoms with Crippen LogP contribution in [0.2, 0.25) is 0 Å². The Morgan fingerprint density at radius 1 is 1.08 bits per heavy atom. The quantitative estimate of drug-likeness (QED) is 0.534. The standard InChI is InChI=1S/C15H10Br.C6H7.2ClH.S.Zr/c16-14-8-4-7-12-9-10-13(15(12)14)11-5-2-1-3-6-11;1-6-4-2-3-5-6;;;;/h1-6,8-10,13H;4-5H,2H2,1H3;2*1H;;/q;;;;;+2/p-2. The molecule has 2 aromatic carbocycles. The first-order valence-electron chi connectivity index (χ1n) is 8.12. The van der Waals surface area contributed by atoms with Crippen LogP contribution < -0.4 is 28.1 Å². The Morgan fingerprint density at radius 2 is 1.81 bits per heavy atom. The van der Waals surface area contributed by atoms with E-state index in [1.54, 1.807) is 0 Å². The van der Waals surface area contributed by atoms with Gasteiger partial charge < -0.3 is 24.8 Å². The molecule has 0 radical (unpaired) electrons. The minimum absolute atomic E-state index is 0. The van der Waals surface area contributed by atoms with Crippen molar-refractivity contribution in [2.24, 2.45) is 0 Å². The summed E-state index contributed by atoms with van der Waals surface area (Å²) < 4.78 is 4.18. The van der Waals surface area contributed by atoms with E-state index in [9.17, 15) is 0 Å². The first kappa shape index (κ1) is 22.1. The first-order valence-corrected chi connectivity index (χ1v) is 14.8. The number of hydrogen-bond donors (Lipinski definition) is 0. The maximum atomic E-state index is 6.10. The van der Waals surface area contributed by atoms with E-state index in [2.05, 4.69) is 89.6 Å². The zero-order chi connectivity index (χ0) is 16.7. The summed E-state index contributed by atoms with van der Waals surface area (Å²) in [6, 6.07) is 15.2. The average molecular weight is 543 g/mol. The van der Waals surface area contributed by atoms with Gasteiger partial charge in [0, 0.05) is 0 Å². The van der Waals surface area contributed by atoms with Gasteiger partial charge in [-0.15, -0.1) is 0 Å². The molecule has 0 bridgehead atoms. The number of benzene rings is 2. The summed E-state index contributed by atoms with van der Waals surface area (Å²) in [6.45, 7) is 2.18. The van der Waals surface area contributed by atoms with Crippen molar-refractivity contribution in [3.63, 3.8) is 0 Å². The third-order valence-electron chi connectivity index (χ3n) is 4.74. The van der Waals surface area contributed by atoms with Crippen LogP contribution in [0.3, 0.4) is 0 Å². The minimum Gasteiger partial charge on any atom is -1.00 e. The van der Waals surface area contributed by atoms with E-state index in [-0.39, 0.29) is 24.8 Å². The molecule has 1 atom stereocenters. The monoisotopic (exact) mass is 540 g/mol. The van der Waals surface area contributed by atoms with E-state index in [0.29, 0.717) is 5.92 Å². The smallest absolute Gasteiger partial charge is 1.00 e. The molecule has 2 aliphatic rings. The van der Waals surface area contributed by atoms with E-state index >= 15 is 0 Å². The van der Waals surface area contributed by atoms with Crippen molar-refractivity contribution in [3.05, 3.63) is 90.7 Å². The Balaban J connectivity index is 0.00000121. The predicted octanol–water partition coefficient (Wildman–Crippen LogP) is 0.206. The van der Waals surface area contributed by atoms with Crippen LogP contribution in [-0.4, -0.2) is 0 Å². The van der Waals surface area contributed by atoms with Crippen LogP contribution in [0.1, 0.15) is 36.0 Å². The fourth-order valence-electron chi connectivity index (χ4n) is 3.53. The number of rotatable bonds is 3. The summed E-state index contributed by atoms with van der Waals surface area (Å²) >= 11 is 1.62. The first-order chi connectivity index (χ1) is 11.6. The summed E-state index contributed by atoms with van der Waals surface area (Å²) in [4.78, 5) is 0. The van der Waals surface area contributed by atoms with E-state index in [4.69, 9.17) is 8.86 Å². The molecule has 0 saturated heterocycles. The Bertz CT molecular complexity index is 933. The molecule has 2 aliphatic carbocycles. The molecule has 0 N–H and O–H groups in total. The summed E-state index contributed by atoms with van der Waals surface area (Å²) in [6.07, 6.45) is 10.3. The van der Waals surface area contributed by atoms with Crippen LogP contribution in [0.4, 0.5) is 0 Å². The van der Waals surface area contributed by atoms with Crippen molar-refractivity contribution in [1.82, 2.24) is 0 Å². The Kier molecular flexibility index (Phi) is 7.95. The summed E-state index contributed by atoms with van der Waals surface area (Å²) in [7, 11) is 6.10. The molecule has 0 heterocycles. The Hall–Kier alpha value is -0.177. The van der Waals surface area contributed by atoms with E-state index in [1.807, 2.05) is 0 Å². The molecule has 0 aromatic heterocycles. The summed E-state index contributed by atoms with van der Waals surface area (Å²) in [5.41, 5.74) is 5.50. The SMILES string of the molecule is CC1=CC[C]([Zr+2](=[S])[c]2ccc(Br)c3c2C=CC3c2ccccc2)=C1.[Cl-].[Cl-]. The Labute approximate surface area is 187 Å². The van der Waals surface area contributed by atoms with E-state index in [1.165, 1.54) is 33.3 Å². The van der Waals surface area contributed by atoms with Gasteiger partial charge in [-0.1, -0.05) is 0 Å². The minimum atomic E-state index is -2.17. The van der Waals surface area contributed by atoms with Gasteiger partial charge in [0.1, 0.15) is 0 Å². The summed E-state index contributed by atoms with van der Waals surface area (Å²) in [5.74, 6) is 0.333. The maximum Gasteiger partial charge on any atom is -1.00 e. The maximum absolute atomic E-state index is 6.10. The largest absolute Gasteiger partial charge is 1.00 e. The van der Waals surface area contributed by atoms with Gasteiger partial charge >= 0.3 is 164 Å². The number of allylic oxidation sites excluding steroid dienone is 5. The molecule has 0 fully saturated rings. The molecular weight excluding hydrogens is 526 g/mol. The molecule has 1 unspecified atom stereocenters. The molecule has 5 heteroatoms. The van der Waals surface area contributed by atoms with Crippen LogP contribution >= 0.6 is 24.8 Å². The van der Waals surface area contributed by atoms with Gasteiger partial charge in [-0.3, -0.25) is 0 Å². The van der Waals surface area contributed by atoms with Crippen LogP contribution in [0.15, 0.2) is 74.0 Å². The predicted molar refractivity (Wildman–Crippen MR) is 105 cm³/mol. The van der Waals surface area contributed by atoms with Crippen LogP contribution in [0, 0.1) is 0 Å². The molecular formula is C21H17BrCl2SZr. The number of halogens is 3. The van der Waals surface area contributed by atoms with E-state index < -0.39 is 19.7 Å². The van der Waals surface area contributed by atoms with Gasteiger partial charge in [-0.2, -0.15) is 0 Å². The molecule has 26 heavy (non-hydrogen) atoms. The average Bonchev–Trinajstić information content (AvgIpc) is 3.23. The van der Waals surface area contributed by atoms with Crippen molar-refractivity contribution in [3.8, 4) is 0 Å². The molecule has 132 valence electrons. The normalized spacial score (nSPS) is 16.6. The molecule has 0 saturated carbocycles. The van der Waals surface area contributed by atoms with Crippen molar-refractivity contribution in [2.75, 3.05) is 0 Å². The fraction of sp³-hybridized carbons (Fsp3) is 0.143. The Morgan fingerprint density at radius 3 is 2.46 bits per heavy atom. The van der Waals surface area contributed by atoms with Gasteiger partial charge in [0.2, 0.25) is 0 Å². The second kappa shape index (κ2) is 9.35. The zero-order valence-corrected chi connectivity index (χ0v) is 20.5. The zero-order valence-electron chi connectivity index (χ0n) is 14.2. The van der Waals surface area contributed by atoms with Gasteiger partial charge in [0.25, 0.3) is 0 Å². The molecule has 0 spiro atoms. The third-order valence-corrected chi connectivity index (χ3v) is 12.8. The van der Waals surface area contributed by atoms with Crippen molar-refractivity contribution in [2.45, 2.75) is 19.3 Å². The molecule has 0 nitrogen and oxygen atoms in total. The molecule has 0 amide bonds. The van der Waals surface area contributed by atoms with Crippen LogP contribution in [0.25, 0.3) is 6.08 Å². The van der Waals surface area contributed by atoms with Crippen LogP contribution in [0.5, 0.6) is 0 Å². The van der Waals surface area contributed by atoms with Crippen molar-refractivity contribution in [1.29, 1.82) is 0 Å². The van der Waals surface area contributed by atoms with Crippen molar-refractivity contribution < 1.29 is 44.5 Å². The number of fused-ring (bicyclic) bond motifs is 1. The van der Waals surface area contributed by atoms with Gasteiger partial charge in [-0.25, -0.2) is 0 Å². The van der Waals surface area contributed by atoms with E-state index in [0.717, 1.165) is 6.42 Å². The van der Waals surface area contributed by atoms with Gasteiger partial charge in [0.05, 0.1) is 0 Å². The third kappa shape index (κ3) is 4.13. The number of hydrogen-bond acceptors (Lipinski definition) is 1. The molecule has 4 rings (SSSR count). The van der Waals surface area contributed by atoms with Crippen LogP contribution in [-0.2, 0) is 19.7 Å². The summed E-state index contributed by atoms with van der Waals surface area (Å²) in [5, 5.41) is 0. The fourth-order valence-corrected chi connectivity index (χ4v) is 10.2. The molecule has 0 aliphatic heterocycles. The van der Waals surface area contributed by atoms with Crippen molar-refractivity contribution >= 4 is 34.1 Å².